The van der Waals surface area contributed by atoms with E-state index in [-0.39, 0.29) is 0 Å². The first kappa shape index (κ1) is 15.9. The van der Waals surface area contributed by atoms with Gasteiger partial charge in [0, 0.05) is 19.9 Å². The number of nitrogens with one attached hydrogen (secondary N) is 1. The van der Waals surface area contributed by atoms with Crippen LogP contribution in [-0.4, -0.2) is 4.98 Å². The standard InChI is InChI=1S/C20H24IN/c1-3-5-7-14(4-2)12-15-10-11-19-17(13-15)16-8-6-9-18(21)20(16)22-19/h6,8-11,13-14,22H,3-5,7,12H2,1-2H3. The molecule has 1 atom stereocenters. The number of unbranched alkanes of at least 4 members (excludes halogenated alkanes) is 1. The molecule has 1 heterocycles. The first-order valence-electron chi connectivity index (χ1n) is 8.41. The molecule has 0 saturated carbocycles. The quantitative estimate of drug-likeness (QED) is 0.440. The van der Waals surface area contributed by atoms with Crippen LogP contribution in [0.5, 0.6) is 0 Å². The van der Waals surface area contributed by atoms with E-state index in [1.807, 2.05) is 0 Å². The number of aromatic nitrogens is 1. The van der Waals surface area contributed by atoms with E-state index in [4.69, 9.17) is 0 Å². The molecule has 0 aliphatic rings. The van der Waals surface area contributed by atoms with E-state index in [9.17, 15) is 0 Å². The molecule has 0 amide bonds. The number of halogens is 1. The largest absolute Gasteiger partial charge is 0.354 e. The highest BCUT2D eigenvalue weighted by molar-refractivity contribution is 14.1. The van der Waals surface area contributed by atoms with E-state index in [2.05, 4.69) is 77.8 Å². The zero-order chi connectivity index (χ0) is 15.5. The summed E-state index contributed by atoms with van der Waals surface area (Å²) in [6, 6.07) is 13.5. The fraction of sp³-hybridized carbons (Fsp3) is 0.400. The Morgan fingerprint density at radius 2 is 1.95 bits per heavy atom. The molecule has 3 aromatic rings. The van der Waals surface area contributed by atoms with Crippen molar-refractivity contribution < 1.29 is 0 Å². The summed E-state index contributed by atoms with van der Waals surface area (Å²) in [5.74, 6) is 0.822. The van der Waals surface area contributed by atoms with Gasteiger partial charge in [-0.25, -0.2) is 0 Å². The number of para-hydroxylation sites is 1. The summed E-state index contributed by atoms with van der Waals surface area (Å²) in [5, 5.41) is 2.72. The summed E-state index contributed by atoms with van der Waals surface area (Å²) >= 11 is 2.41. The number of benzene rings is 2. The van der Waals surface area contributed by atoms with E-state index in [1.165, 1.54) is 63.0 Å². The number of hydrogen-bond donors (Lipinski definition) is 1. The van der Waals surface area contributed by atoms with E-state index in [0.717, 1.165) is 5.92 Å². The molecule has 0 aliphatic heterocycles. The summed E-state index contributed by atoms with van der Waals surface area (Å²) in [6.45, 7) is 4.61. The lowest BCUT2D eigenvalue weighted by Gasteiger charge is -2.14. The molecule has 1 unspecified atom stereocenters. The van der Waals surface area contributed by atoms with Gasteiger partial charge in [0.15, 0.2) is 0 Å². The Balaban J connectivity index is 1.95. The molecule has 1 aromatic heterocycles. The summed E-state index contributed by atoms with van der Waals surface area (Å²) in [6.07, 6.45) is 6.51. The van der Waals surface area contributed by atoms with Crippen LogP contribution in [0.25, 0.3) is 21.8 Å². The van der Waals surface area contributed by atoms with Crippen molar-refractivity contribution in [3.05, 3.63) is 45.5 Å². The third-order valence-corrected chi connectivity index (χ3v) is 5.61. The lowest BCUT2D eigenvalue weighted by Crippen LogP contribution is -2.03. The van der Waals surface area contributed by atoms with Gasteiger partial charge in [0.1, 0.15) is 0 Å². The van der Waals surface area contributed by atoms with Crippen LogP contribution in [0.4, 0.5) is 0 Å². The van der Waals surface area contributed by atoms with Gasteiger partial charge in [0.2, 0.25) is 0 Å². The SMILES string of the molecule is CCCCC(CC)Cc1ccc2[nH]c3c(I)cccc3c2c1. The van der Waals surface area contributed by atoms with Crippen molar-refractivity contribution in [3.63, 3.8) is 0 Å². The molecule has 0 spiro atoms. The van der Waals surface area contributed by atoms with Crippen LogP contribution in [-0.2, 0) is 6.42 Å². The molecule has 1 nitrogen and oxygen atoms in total. The maximum Gasteiger partial charge on any atom is 0.0600 e. The van der Waals surface area contributed by atoms with Gasteiger partial charge >= 0.3 is 0 Å². The van der Waals surface area contributed by atoms with Crippen LogP contribution in [0.2, 0.25) is 0 Å². The van der Waals surface area contributed by atoms with Gasteiger partial charge < -0.3 is 4.98 Å². The molecule has 1 N–H and O–H groups in total. The highest BCUT2D eigenvalue weighted by Crippen LogP contribution is 2.30. The van der Waals surface area contributed by atoms with Crippen molar-refractivity contribution in [3.8, 4) is 0 Å². The molecule has 3 rings (SSSR count). The summed E-state index contributed by atoms with van der Waals surface area (Å²) in [5.41, 5.74) is 4.01. The minimum absolute atomic E-state index is 0.822. The zero-order valence-electron chi connectivity index (χ0n) is 13.5. The summed E-state index contributed by atoms with van der Waals surface area (Å²) < 4.78 is 1.29. The predicted octanol–water partition coefficient (Wildman–Crippen LogP) is 6.68. The average molecular weight is 405 g/mol. The van der Waals surface area contributed by atoms with E-state index in [1.54, 1.807) is 0 Å². The van der Waals surface area contributed by atoms with E-state index < -0.39 is 0 Å². The third-order valence-electron chi connectivity index (χ3n) is 4.72. The second-order valence-corrected chi connectivity index (χ2v) is 7.45. The smallest absolute Gasteiger partial charge is 0.0600 e. The van der Waals surface area contributed by atoms with Crippen LogP contribution in [0.15, 0.2) is 36.4 Å². The van der Waals surface area contributed by atoms with Crippen molar-refractivity contribution in [2.24, 2.45) is 5.92 Å². The Labute approximate surface area is 146 Å². The molecule has 2 heteroatoms. The molecule has 0 bridgehead atoms. The first-order valence-corrected chi connectivity index (χ1v) is 9.49. The van der Waals surface area contributed by atoms with Crippen LogP contribution in [0.3, 0.4) is 0 Å². The second-order valence-electron chi connectivity index (χ2n) is 6.29. The van der Waals surface area contributed by atoms with Crippen LogP contribution >= 0.6 is 22.6 Å². The summed E-state index contributed by atoms with van der Waals surface area (Å²) in [7, 11) is 0. The van der Waals surface area contributed by atoms with Gasteiger partial charge in [-0.15, -0.1) is 0 Å². The van der Waals surface area contributed by atoms with Crippen LogP contribution < -0.4 is 0 Å². The predicted molar refractivity (Wildman–Crippen MR) is 106 cm³/mol. The monoisotopic (exact) mass is 405 g/mol. The van der Waals surface area contributed by atoms with E-state index in [0.29, 0.717) is 0 Å². The number of aromatic amines is 1. The maximum atomic E-state index is 3.57. The molecular weight excluding hydrogens is 381 g/mol. The van der Waals surface area contributed by atoms with E-state index >= 15 is 0 Å². The number of fused-ring (bicyclic) bond motifs is 3. The van der Waals surface area contributed by atoms with Crippen LogP contribution in [0.1, 0.15) is 45.1 Å². The Hall–Kier alpha value is -1.03. The molecule has 116 valence electrons. The van der Waals surface area contributed by atoms with Gasteiger partial charge in [-0.1, -0.05) is 57.7 Å². The minimum Gasteiger partial charge on any atom is -0.354 e. The fourth-order valence-corrected chi connectivity index (χ4v) is 3.97. The third kappa shape index (κ3) is 3.17. The minimum atomic E-state index is 0.822. The molecule has 0 aliphatic carbocycles. The van der Waals surface area contributed by atoms with Crippen molar-refractivity contribution >= 4 is 44.4 Å². The number of hydrogen-bond acceptors (Lipinski definition) is 0. The normalized spacial score (nSPS) is 13.0. The Morgan fingerprint density at radius 3 is 2.73 bits per heavy atom. The topological polar surface area (TPSA) is 15.8 Å². The molecule has 2 aromatic carbocycles. The second kappa shape index (κ2) is 7.03. The number of H-pyrrole nitrogens is 1. The molecule has 0 saturated heterocycles. The highest BCUT2D eigenvalue weighted by atomic mass is 127. The van der Waals surface area contributed by atoms with Gasteiger partial charge in [0.25, 0.3) is 0 Å². The lowest BCUT2D eigenvalue weighted by molar-refractivity contribution is 0.449. The van der Waals surface area contributed by atoms with Gasteiger partial charge in [0.05, 0.1) is 5.52 Å². The average Bonchev–Trinajstić information content (AvgIpc) is 2.91. The number of rotatable bonds is 6. The Bertz CT molecular complexity index is 772. The lowest BCUT2D eigenvalue weighted by atomic mass is 9.91. The first-order chi connectivity index (χ1) is 10.7. The Morgan fingerprint density at radius 1 is 1.09 bits per heavy atom. The fourth-order valence-electron chi connectivity index (χ4n) is 3.34. The highest BCUT2D eigenvalue weighted by Gasteiger charge is 2.10. The molecule has 22 heavy (non-hydrogen) atoms. The van der Waals surface area contributed by atoms with Crippen molar-refractivity contribution in [2.45, 2.75) is 46.0 Å². The van der Waals surface area contributed by atoms with Gasteiger partial charge in [-0.3, -0.25) is 0 Å². The van der Waals surface area contributed by atoms with Gasteiger partial charge in [-0.05, 0) is 58.7 Å². The van der Waals surface area contributed by atoms with Gasteiger partial charge in [-0.2, -0.15) is 0 Å². The molecule has 0 radical (unpaired) electrons. The van der Waals surface area contributed by atoms with Crippen LogP contribution in [0, 0.1) is 9.49 Å². The molecule has 0 fully saturated rings. The zero-order valence-corrected chi connectivity index (χ0v) is 15.6. The Kier molecular flexibility index (Phi) is 5.07. The maximum absolute atomic E-state index is 3.57. The summed E-state index contributed by atoms with van der Waals surface area (Å²) in [4.78, 5) is 3.57. The molecular formula is C20H24IN. The van der Waals surface area contributed by atoms with Crippen molar-refractivity contribution in [1.29, 1.82) is 0 Å². The van der Waals surface area contributed by atoms with Crippen molar-refractivity contribution in [2.75, 3.05) is 0 Å². The van der Waals surface area contributed by atoms with Crippen molar-refractivity contribution in [1.82, 2.24) is 4.98 Å².